The van der Waals surface area contributed by atoms with Crippen LogP contribution < -0.4 is 11.5 Å². The van der Waals surface area contributed by atoms with E-state index in [0.29, 0.717) is 0 Å². The van der Waals surface area contributed by atoms with Crippen LogP contribution in [0.3, 0.4) is 0 Å². The Kier molecular flexibility index (Phi) is 36.1. The molecule has 1 atom stereocenters. The summed E-state index contributed by atoms with van der Waals surface area (Å²) in [6.07, 6.45) is 6.48. The summed E-state index contributed by atoms with van der Waals surface area (Å²) in [4.78, 5) is 2.72. The van der Waals surface area contributed by atoms with Crippen molar-refractivity contribution in [1.29, 1.82) is 5.26 Å². The second-order valence-electron chi connectivity index (χ2n) is 3.68. The number of hydrogen-bond acceptors (Lipinski definition) is 9. The smallest absolute Gasteiger partial charge is 0.254 e. The van der Waals surface area contributed by atoms with Gasteiger partial charge < -0.3 is 47.0 Å². The Bertz CT molecular complexity index is 430. The Morgan fingerprint density at radius 3 is 1.42 bits per heavy atom. The molecule has 0 aromatic carbocycles. The van der Waals surface area contributed by atoms with E-state index in [1.165, 1.54) is 36.4 Å². The third-order valence-corrected chi connectivity index (χ3v) is 1.73. The van der Waals surface area contributed by atoms with Crippen molar-refractivity contribution in [2.75, 3.05) is 33.0 Å². The Labute approximate surface area is 153 Å². The van der Waals surface area contributed by atoms with Crippen molar-refractivity contribution < 1.29 is 30.6 Å². The summed E-state index contributed by atoms with van der Waals surface area (Å²) in [5.74, 6) is -0.243. The van der Waals surface area contributed by atoms with E-state index in [0.717, 1.165) is 0 Å². The van der Waals surface area contributed by atoms with E-state index in [4.69, 9.17) is 53.9 Å². The normalized spacial score (nSPS) is 11.2. The number of nitrogens with two attached hydrogens (primary N) is 2. The van der Waals surface area contributed by atoms with Crippen LogP contribution in [0.25, 0.3) is 4.85 Å². The number of aliphatic hydroxyl groups is 6. The van der Waals surface area contributed by atoms with Crippen LogP contribution in [0.5, 0.6) is 0 Å². The van der Waals surface area contributed by atoms with E-state index in [-0.39, 0.29) is 44.6 Å². The quantitative estimate of drug-likeness (QED) is 0.149. The molecular weight excluding hydrogens is 344 g/mol. The number of rotatable bonds is 6. The highest BCUT2D eigenvalue weighted by molar-refractivity contribution is 5.25. The van der Waals surface area contributed by atoms with Gasteiger partial charge in [0.15, 0.2) is 0 Å². The number of nitriles is 1. The molecule has 0 aromatic rings. The van der Waals surface area contributed by atoms with Crippen LogP contribution in [-0.2, 0) is 0 Å². The highest BCUT2D eigenvalue weighted by Gasteiger charge is 1.89. The first-order valence-corrected chi connectivity index (χ1v) is 7.04. The van der Waals surface area contributed by atoms with Crippen LogP contribution in [0.4, 0.5) is 0 Å². The van der Waals surface area contributed by atoms with Crippen LogP contribution in [-0.4, -0.2) is 69.8 Å². The molecule has 0 aromatic heterocycles. The first-order chi connectivity index (χ1) is 12.4. The molecular formula is C16H28N4O6. The van der Waals surface area contributed by atoms with Gasteiger partial charge in [-0.1, -0.05) is 37.0 Å². The van der Waals surface area contributed by atoms with Crippen LogP contribution in [0.1, 0.15) is 0 Å². The van der Waals surface area contributed by atoms with Crippen molar-refractivity contribution in [3.05, 3.63) is 59.9 Å². The second kappa shape index (κ2) is 30.2. The van der Waals surface area contributed by atoms with Gasteiger partial charge in [0.25, 0.3) is 5.82 Å². The summed E-state index contributed by atoms with van der Waals surface area (Å²) in [6.45, 7) is 9.30. The zero-order valence-corrected chi connectivity index (χ0v) is 14.4. The van der Waals surface area contributed by atoms with Gasteiger partial charge in [-0.25, -0.2) is 0 Å². The molecule has 0 bridgehead atoms. The summed E-state index contributed by atoms with van der Waals surface area (Å²) >= 11 is 0. The Balaban J connectivity index is -0.000000125. The van der Waals surface area contributed by atoms with E-state index in [9.17, 15) is 0 Å². The number of aliphatic hydroxyl groups excluding tert-OH is 6. The summed E-state index contributed by atoms with van der Waals surface area (Å²) < 4.78 is 0. The average Bonchev–Trinajstić information content (AvgIpc) is 2.69. The molecule has 148 valence electrons. The predicted molar refractivity (Wildman–Crippen MR) is 97.5 cm³/mol. The molecule has 0 aliphatic rings. The molecule has 0 amide bonds. The Hall–Kier alpha value is -2.70. The fourth-order valence-electron chi connectivity index (χ4n) is 0.490. The topological polar surface area (TPSA) is 202 Å². The standard InChI is InChI=1S/C4H4N4.3C4H8O2/c1-8-4(7)3(6)2-5;1-2-4(6)3-5;2*5-3-1-2-4-6/h6-7H2;2,4-6H,1,3H2;2*1-2,5-6H,3-4H2/b4-3+;;2-1+;2-1-. The summed E-state index contributed by atoms with van der Waals surface area (Å²) in [5.41, 5.74) is 9.59. The average molecular weight is 372 g/mol. The lowest BCUT2D eigenvalue weighted by molar-refractivity contribution is 0.131. The van der Waals surface area contributed by atoms with Crippen LogP contribution >= 0.6 is 0 Å². The lowest BCUT2D eigenvalue weighted by Crippen LogP contribution is -2.05. The summed E-state index contributed by atoms with van der Waals surface area (Å²) in [6, 6.07) is 1.53. The van der Waals surface area contributed by atoms with Crippen molar-refractivity contribution >= 4 is 0 Å². The molecule has 1 unspecified atom stereocenters. The Morgan fingerprint density at radius 2 is 1.35 bits per heavy atom. The van der Waals surface area contributed by atoms with Crippen molar-refractivity contribution in [2.45, 2.75) is 6.10 Å². The maximum Gasteiger partial charge on any atom is 0.254 e. The van der Waals surface area contributed by atoms with Gasteiger partial charge in [0.05, 0.1) is 39.1 Å². The fourth-order valence-corrected chi connectivity index (χ4v) is 0.490. The van der Waals surface area contributed by atoms with Crippen molar-refractivity contribution in [2.24, 2.45) is 11.5 Å². The number of nitrogens with zero attached hydrogens (tertiary/aromatic N) is 2. The van der Waals surface area contributed by atoms with Gasteiger partial charge in [-0.3, -0.25) is 0 Å². The molecule has 10 N–H and O–H groups in total. The predicted octanol–water partition coefficient (Wildman–Crippen LogP) is -1.90. The molecule has 10 nitrogen and oxygen atoms in total. The van der Waals surface area contributed by atoms with Crippen molar-refractivity contribution in [3.63, 3.8) is 0 Å². The van der Waals surface area contributed by atoms with Gasteiger partial charge in [0.1, 0.15) is 11.8 Å². The number of hydrogen-bond donors (Lipinski definition) is 8. The maximum atomic E-state index is 8.30. The molecule has 0 saturated heterocycles. The molecule has 0 heterocycles. The lowest BCUT2D eigenvalue weighted by Gasteiger charge is -1.93. The summed E-state index contributed by atoms with van der Waals surface area (Å²) in [7, 11) is 0. The van der Waals surface area contributed by atoms with E-state index in [1.807, 2.05) is 0 Å². The molecule has 26 heavy (non-hydrogen) atoms. The maximum absolute atomic E-state index is 8.30. The van der Waals surface area contributed by atoms with Gasteiger partial charge in [-0.2, -0.15) is 5.26 Å². The minimum Gasteiger partial charge on any atom is -0.398 e. The summed E-state index contributed by atoms with van der Waals surface area (Å²) in [5, 5.41) is 56.3. The molecule has 0 spiro atoms. The molecule has 0 aliphatic heterocycles. The minimum absolute atomic E-state index is 0.0144. The molecule has 0 saturated carbocycles. The third kappa shape index (κ3) is 37.5. The van der Waals surface area contributed by atoms with Gasteiger partial charge in [-0.15, -0.1) is 6.58 Å². The van der Waals surface area contributed by atoms with Gasteiger partial charge >= 0.3 is 0 Å². The molecule has 0 radical (unpaired) electrons. The van der Waals surface area contributed by atoms with Crippen LogP contribution in [0.2, 0.25) is 0 Å². The molecule has 10 heteroatoms. The van der Waals surface area contributed by atoms with E-state index < -0.39 is 6.10 Å². The SMILES string of the molecule is C=CC(O)CO.OC/C=C/CO.OC/C=C\CO.[C-]#[N+]/C(N)=C(/N)C#N. The zero-order valence-electron chi connectivity index (χ0n) is 14.4. The van der Waals surface area contributed by atoms with E-state index in [2.05, 4.69) is 11.4 Å². The van der Waals surface area contributed by atoms with E-state index >= 15 is 0 Å². The zero-order chi connectivity index (χ0) is 21.2. The second-order valence-corrected chi connectivity index (χ2v) is 3.68. The monoisotopic (exact) mass is 372 g/mol. The third-order valence-electron chi connectivity index (χ3n) is 1.73. The van der Waals surface area contributed by atoms with Crippen molar-refractivity contribution in [1.82, 2.24) is 0 Å². The molecule has 0 rings (SSSR count). The van der Waals surface area contributed by atoms with Gasteiger partial charge in [0.2, 0.25) is 0 Å². The van der Waals surface area contributed by atoms with E-state index in [1.54, 1.807) is 0 Å². The highest BCUT2D eigenvalue weighted by atomic mass is 16.3. The molecule has 0 aliphatic carbocycles. The highest BCUT2D eigenvalue weighted by Crippen LogP contribution is 1.87. The van der Waals surface area contributed by atoms with Crippen molar-refractivity contribution in [3.8, 4) is 6.07 Å². The molecule has 0 fully saturated rings. The first-order valence-electron chi connectivity index (χ1n) is 7.04. The minimum atomic E-state index is -0.745. The first kappa shape index (κ1) is 31.1. The largest absolute Gasteiger partial charge is 0.398 e. The number of allylic oxidation sites excluding steroid dienone is 1. The Morgan fingerprint density at radius 1 is 1.00 bits per heavy atom. The van der Waals surface area contributed by atoms with Gasteiger partial charge in [-0.05, 0) is 0 Å². The van der Waals surface area contributed by atoms with Crippen LogP contribution in [0.15, 0.2) is 48.5 Å². The van der Waals surface area contributed by atoms with Gasteiger partial charge in [0, 0.05) is 0 Å². The van der Waals surface area contributed by atoms with Crippen LogP contribution in [0, 0.1) is 17.9 Å². The fraction of sp³-hybridized carbons (Fsp3) is 0.375. The lowest BCUT2D eigenvalue weighted by atomic mass is 10.4.